The van der Waals surface area contributed by atoms with Crippen molar-refractivity contribution in [3.05, 3.63) is 42.0 Å². The van der Waals surface area contributed by atoms with Crippen LogP contribution in [0, 0.1) is 6.92 Å². The Morgan fingerprint density at radius 2 is 1.41 bits per heavy atom. The normalized spacial score (nSPS) is 10.4. The quantitative estimate of drug-likeness (QED) is 0.113. The first-order valence-corrected chi connectivity index (χ1v) is 9.09. The van der Waals surface area contributed by atoms with Gasteiger partial charge in [0.15, 0.2) is 6.79 Å². The number of aryl methyl sites for hydroxylation is 1. The number of benzene rings is 1. The van der Waals surface area contributed by atoms with Crippen LogP contribution in [0.25, 0.3) is 0 Å². The summed E-state index contributed by atoms with van der Waals surface area (Å²) in [6, 6.07) is 4.64. The van der Waals surface area contributed by atoms with Crippen molar-refractivity contribution >= 4 is 5.97 Å². The first-order valence-electron chi connectivity index (χ1n) is 9.09. The molecule has 0 spiro atoms. The molecule has 0 saturated carbocycles. The van der Waals surface area contributed by atoms with E-state index in [1.807, 2.05) is 0 Å². The molecule has 0 aromatic heterocycles. The van der Waals surface area contributed by atoms with Crippen LogP contribution < -0.4 is 61.2 Å². The van der Waals surface area contributed by atoms with E-state index >= 15 is 0 Å². The minimum atomic E-state index is -1.24. The summed E-state index contributed by atoms with van der Waals surface area (Å²) in [5.74, 6) is -0.822. The van der Waals surface area contributed by atoms with Gasteiger partial charge in [-0.1, -0.05) is 6.08 Å². The molecular weight excluding hydrogens is 407 g/mol. The molecule has 0 aliphatic carbocycles. The van der Waals surface area contributed by atoms with Crippen molar-refractivity contribution in [1.82, 2.24) is 0 Å². The van der Waals surface area contributed by atoms with Gasteiger partial charge in [-0.05, 0) is 30.7 Å². The summed E-state index contributed by atoms with van der Waals surface area (Å²) in [6.45, 7) is 9.64. The molecule has 0 amide bonds. The van der Waals surface area contributed by atoms with E-state index in [0.29, 0.717) is 65.2 Å². The molecule has 0 aliphatic rings. The second-order valence-electron chi connectivity index (χ2n) is 5.69. The van der Waals surface area contributed by atoms with E-state index in [9.17, 15) is 9.90 Å². The van der Waals surface area contributed by atoms with Gasteiger partial charge in [0.1, 0.15) is 5.75 Å². The second-order valence-corrected chi connectivity index (χ2v) is 5.69. The average molecular weight is 437 g/mol. The Balaban J connectivity index is 0.00000784. The fraction of sp³-hybridized carbons (Fsp3) is 0.550. The number of hydrogen-bond donors (Lipinski definition) is 0. The fourth-order valence-corrected chi connectivity index (χ4v) is 2.06. The van der Waals surface area contributed by atoms with E-state index in [0.717, 1.165) is 5.56 Å². The number of carbonyl (C=O) groups excluding carboxylic acids is 1. The maximum atomic E-state index is 10.9. The molecule has 1 aromatic carbocycles. The predicted octanol–water partition coefficient (Wildman–Crippen LogP) is -2.03. The van der Waals surface area contributed by atoms with Crippen LogP contribution in [-0.4, -0.2) is 72.2 Å². The minimum absolute atomic E-state index is 0. The van der Waals surface area contributed by atoms with Gasteiger partial charge >= 0.3 is 51.4 Å². The van der Waals surface area contributed by atoms with Gasteiger partial charge in [-0.2, -0.15) is 0 Å². The van der Waals surface area contributed by atoms with Gasteiger partial charge < -0.3 is 38.3 Å². The Labute approximate surface area is 214 Å². The minimum Gasteiger partial charge on any atom is -0.545 e. The first kappa shape index (κ1) is 28.7. The molecule has 9 heteroatoms. The van der Waals surface area contributed by atoms with Crippen molar-refractivity contribution in [3.63, 3.8) is 0 Å². The zero-order chi connectivity index (χ0) is 20.5. The smallest absolute Gasteiger partial charge is 0.545 e. The zero-order valence-electron chi connectivity index (χ0n) is 17.4. The standard InChI is InChI=1S/C20H30O8.K/c1-3-4-23-5-6-24-7-8-25-9-10-26-11-12-27-16-28-19-14-17(2)13-18(15-19)20(21)22;/h3,13-15H,1,4-12,16H2,2H3,(H,21,22);/q;+1/p-1. The van der Waals surface area contributed by atoms with Crippen molar-refractivity contribution < 1.29 is 89.7 Å². The number of rotatable bonds is 18. The van der Waals surface area contributed by atoms with Crippen LogP contribution in [0.3, 0.4) is 0 Å². The molecule has 0 heterocycles. The number of hydrogen-bond acceptors (Lipinski definition) is 8. The maximum Gasteiger partial charge on any atom is 1.00 e. The zero-order valence-corrected chi connectivity index (χ0v) is 20.5. The van der Waals surface area contributed by atoms with E-state index in [-0.39, 0.29) is 63.7 Å². The topological polar surface area (TPSA) is 95.5 Å². The van der Waals surface area contributed by atoms with Crippen LogP contribution in [0.15, 0.2) is 30.9 Å². The molecule has 0 radical (unpaired) electrons. The number of carboxylic acids is 1. The summed E-state index contributed by atoms with van der Waals surface area (Å²) in [6.07, 6.45) is 1.69. The summed E-state index contributed by atoms with van der Waals surface area (Å²) in [7, 11) is 0. The monoisotopic (exact) mass is 436 g/mol. The van der Waals surface area contributed by atoms with E-state index in [4.69, 9.17) is 28.4 Å². The van der Waals surface area contributed by atoms with Gasteiger partial charge in [0.25, 0.3) is 0 Å². The van der Waals surface area contributed by atoms with Gasteiger partial charge in [-0.3, -0.25) is 0 Å². The van der Waals surface area contributed by atoms with Gasteiger partial charge in [-0.15, -0.1) is 6.58 Å². The molecule has 0 N–H and O–H groups in total. The largest absolute Gasteiger partial charge is 1.00 e. The summed E-state index contributed by atoms with van der Waals surface area (Å²) in [4.78, 5) is 10.9. The van der Waals surface area contributed by atoms with Crippen LogP contribution in [0.2, 0.25) is 0 Å². The maximum absolute atomic E-state index is 10.9. The molecule has 0 saturated heterocycles. The van der Waals surface area contributed by atoms with Gasteiger partial charge in [0.2, 0.25) is 0 Å². The Hall–Kier alpha value is -0.334. The molecular formula is C20H29KO8. The van der Waals surface area contributed by atoms with Gasteiger partial charge in [0, 0.05) is 5.56 Å². The Kier molecular flexibility index (Phi) is 19.4. The van der Waals surface area contributed by atoms with Crippen LogP contribution >= 0.6 is 0 Å². The van der Waals surface area contributed by atoms with Crippen LogP contribution in [0.5, 0.6) is 5.75 Å². The van der Waals surface area contributed by atoms with E-state index in [2.05, 4.69) is 6.58 Å². The van der Waals surface area contributed by atoms with Crippen molar-refractivity contribution in [2.75, 3.05) is 66.3 Å². The average Bonchev–Trinajstić information content (AvgIpc) is 2.67. The van der Waals surface area contributed by atoms with Crippen molar-refractivity contribution in [1.29, 1.82) is 0 Å². The van der Waals surface area contributed by atoms with E-state index < -0.39 is 5.97 Å². The second kappa shape index (κ2) is 19.6. The van der Waals surface area contributed by atoms with Crippen LogP contribution in [0.4, 0.5) is 0 Å². The number of carbonyl (C=O) groups is 1. The molecule has 1 aromatic rings. The molecule has 1 rings (SSSR count). The van der Waals surface area contributed by atoms with E-state index in [1.54, 1.807) is 19.1 Å². The number of aromatic carboxylic acids is 1. The SMILES string of the molecule is C=CCOCCOCCOCCOCCOCOc1cc(C)cc(C(=O)[O-])c1.[K+]. The van der Waals surface area contributed by atoms with E-state index in [1.165, 1.54) is 12.1 Å². The molecule has 0 atom stereocenters. The first-order chi connectivity index (χ1) is 13.6. The number of ether oxygens (including phenoxy) is 6. The third-order valence-electron chi connectivity index (χ3n) is 3.32. The van der Waals surface area contributed by atoms with Gasteiger partial charge in [-0.25, -0.2) is 0 Å². The summed E-state index contributed by atoms with van der Waals surface area (Å²) < 4.78 is 31.9. The van der Waals surface area contributed by atoms with Crippen molar-refractivity contribution in [3.8, 4) is 5.75 Å². The molecule has 0 aliphatic heterocycles. The Bertz CT molecular complexity index is 567. The molecule has 0 fully saturated rings. The molecule has 0 bridgehead atoms. The molecule has 0 unspecified atom stereocenters. The Morgan fingerprint density at radius 3 is 1.93 bits per heavy atom. The van der Waals surface area contributed by atoms with Crippen molar-refractivity contribution in [2.24, 2.45) is 0 Å². The fourth-order valence-electron chi connectivity index (χ4n) is 2.06. The predicted molar refractivity (Wildman–Crippen MR) is 100 cm³/mol. The Morgan fingerprint density at radius 1 is 0.897 bits per heavy atom. The summed E-state index contributed by atoms with van der Waals surface area (Å²) >= 11 is 0. The molecule has 158 valence electrons. The number of carboxylic acid groups (broad SMARTS) is 1. The summed E-state index contributed by atoms with van der Waals surface area (Å²) in [5, 5.41) is 10.9. The molecule has 8 nitrogen and oxygen atoms in total. The van der Waals surface area contributed by atoms with Crippen molar-refractivity contribution in [2.45, 2.75) is 6.92 Å². The van der Waals surface area contributed by atoms with Crippen LogP contribution in [0.1, 0.15) is 15.9 Å². The molecule has 29 heavy (non-hydrogen) atoms. The summed E-state index contributed by atoms with van der Waals surface area (Å²) in [5.41, 5.74) is 0.844. The third kappa shape index (κ3) is 16.1. The van der Waals surface area contributed by atoms with Gasteiger partial charge in [0.05, 0.1) is 65.4 Å². The third-order valence-corrected chi connectivity index (χ3v) is 3.32. The van der Waals surface area contributed by atoms with Crippen LogP contribution in [-0.2, 0) is 23.7 Å².